The Hall–Kier alpha value is -2.40. The summed E-state index contributed by atoms with van der Waals surface area (Å²) < 4.78 is 18.9. The number of benzene rings is 2. The van der Waals surface area contributed by atoms with E-state index in [0.717, 1.165) is 5.56 Å². The quantitative estimate of drug-likeness (QED) is 0.800. The molecule has 1 atom stereocenters. The SMILES string of the molecule is Cc1ccc(CNC(=O)C(C)N(C)CCOc2ccccc2F)cc1. The Morgan fingerprint density at radius 3 is 2.56 bits per heavy atom. The van der Waals surface area contributed by atoms with E-state index in [4.69, 9.17) is 4.74 Å². The minimum absolute atomic E-state index is 0.0473. The fourth-order valence-electron chi connectivity index (χ4n) is 2.30. The maximum atomic E-state index is 13.5. The van der Waals surface area contributed by atoms with Crippen LogP contribution in [0.15, 0.2) is 48.5 Å². The zero-order chi connectivity index (χ0) is 18.2. The zero-order valence-electron chi connectivity index (χ0n) is 15.0. The van der Waals surface area contributed by atoms with Crippen LogP contribution in [0.4, 0.5) is 4.39 Å². The molecule has 5 heteroatoms. The van der Waals surface area contributed by atoms with Crippen LogP contribution in [-0.2, 0) is 11.3 Å². The molecule has 2 rings (SSSR count). The standard InChI is InChI=1S/C20H25FN2O2/c1-15-8-10-17(11-9-15)14-22-20(24)16(2)23(3)12-13-25-19-7-5-4-6-18(19)21/h4-11,16H,12-14H2,1-3H3,(H,22,24). The highest BCUT2D eigenvalue weighted by Crippen LogP contribution is 2.15. The number of para-hydroxylation sites is 1. The van der Waals surface area contributed by atoms with Crippen LogP contribution in [0, 0.1) is 12.7 Å². The monoisotopic (exact) mass is 344 g/mol. The van der Waals surface area contributed by atoms with Crippen LogP contribution in [0.5, 0.6) is 5.75 Å². The molecule has 1 N–H and O–H groups in total. The van der Waals surface area contributed by atoms with Gasteiger partial charge in [-0.15, -0.1) is 0 Å². The number of nitrogens with one attached hydrogen (secondary N) is 1. The number of likely N-dealkylation sites (N-methyl/N-ethyl adjacent to an activating group) is 1. The van der Waals surface area contributed by atoms with E-state index >= 15 is 0 Å². The van der Waals surface area contributed by atoms with Gasteiger partial charge >= 0.3 is 0 Å². The summed E-state index contributed by atoms with van der Waals surface area (Å²) in [6, 6.07) is 14.1. The van der Waals surface area contributed by atoms with Crippen molar-refractivity contribution in [3.8, 4) is 5.75 Å². The van der Waals surface area contributed by atoms with E-state index in [0.29, 0.717) is 19.7 Å². The molecule has 0 aromatic heterocycles. The predicted octanol–water partition coefficient (Wildman–Crippen LogP) is 3.15. The fourth-order valence-corrected chi connectivity index (χ4v) is 2.30. The summed E-state index contributed by atoms with van der Waals surface area (Å²) in [6.45, 7) is 5.21. The highest BCUT2D eigenvalue weighted by atomic mass is 19.1. The number of aryl methyl sites for hydroxylation is 1. The Morgan fingerprint density at radius 1 is 1.20 bits per heavy atom. The van der Waals surface area contributed by atoms with Crippen LogP contribution in [0.3, 0.4) is 0 Å². The Balaban J connectivity index is 1.74. The minimum Gasteiger partial charge on any atom is -0.489 e. The molecule has 0 spiro atoms. The highest BCUT2D eigenvalue weighted by Gasteiger charge is 2.17. The third kappa shape index (κ3) is 5.87. The van der Waals surface area contributed by atoms with Gasteiger partial charge < -0.3 is 10.1 Å². The van der Waals surface area contributed by atoms with Crippen LogP contribution in [0.25, 0.3) is 0 Å². The van der Waals surface area contributed by atoms with Crippen molar-refractivity contribution >= 4 is 5.91 Å². The van der Waals surface area contributed by atoms with Gasteiger partial charge in [0.2, 0.25) is 5.91 Å². The van der Waals surface area contributed by atoms with E-state index in [2.05, 4.69) is 5.32 Å². The number of halogens is 1. The molecule has 1 amide bonds. The van der Waals surface area contributed by atoms with Crippen molar-refractivity contribution in [2.75, 3.05) is 20.2 Å². The second kappa shape index (κ2) is 9.18. The molecule has 0 heterocycles. The molecule has 0 saturated heterocycles. The second-order valence-corrected chi connectivity index (χ2v) is 6.14. The van der Waals surface area contributed by atoms with Crippen molar-refractivity contribution in [3.63, 3.8) is 0 Å². The first-order valence-corrected chi connectivity index (χ1v) is 8.38. The normalized spacial score (nSPS) is 12.0. The molecule has 4 nitrogen and oxygen atoms in total. The molecule has 134 valence electrons. The number of ether oxygens (including phenoxy) is 1. The maximum absolute atomic E-state index is 13.5. The summed E-state index contributed by atoms with van der Waals surface area (Å²) in [5.41, 5.74) is 2.26. The van der Waals surface area contributed by atoms with Gasteiger partial charge in [0.25, 0.3) is 0 Å². The smallest absolute Gasteiger partial charge is 0.237 e. The first-order valence-electron chi connectivity index (χ1n) is 8.38. The van der Waals surface area contributed by atoms with E-state index in [1.54, 1.807) is 18.2 Å². The highest BCUT2D eigenvalue weighted by molar-refractivity contribution is 5.81. The molecule has 0 saturated carbocycles. The van der Waals surface area contributed by atoms with Crippen LogP contribution >= 0.6 is 0 Å². The van der Waals surface area contributed by atoms with E-state index < -0.39 is 0 Å². The number of amides is 1. The molecule has 25 heavy (non-hydrogen) atoms. The third-order valence-corrected chi connectivity index (χ3v) is 4.17. The summed E-state index contributed by atoms with van der Waals surface area (Å²) in [7, 11) is 1.85. The van der Waals surface area contributed by atoms with Crippen molar-refractivity contribution < 1.29 is 13.9 Å². The average Bonchev–Trinajstić information content (AvgIpc) is 2.61. The lowest BCUT2D eigenvalue weighted by Gasteiger charge is -2.24. The van der Waals surface area contributed by atoms with Crippen molar-refractivity contribution in [3.05, 3.63) is 65.5 Å². The number of hydrogen-bond acceptors (Lipinski definition) is 3. The van der Waals surface area contributed by atoms with Gasteiger partial charge in [0.1, 0.15) is 6.61 Å². The van der Waals surface area contributed by atoms with Crippen molar-refractivity contribution in [1.82, 2.24) is 10.2 Å². The molecule has 2 aromatic carbocycles. The van der Waals surface area contributed by atoms with E-state index in [1.807, 2.05) is 50.1 Å². The topological polar surface area (TPSA) is 41.6 Å². The summed E-state index contributed by atoms with van der Waals surface area (Å²) >= 11 is 0. The van der Waals surface area contributed by atoms with E-state index in [9.17, 15) is 9.18 Å². The Kier molecular flexibility index (Phi) is 6.95. The van der Waals surface area contributed by atoms with Gasteiger partial charge in [-0.05, 0) is 38.6 Å². The summed E-state index contributed by atoms with van der Waals surface area (Å²) in [5.74, 6) is -0.199. The largest absolute Gasteiger partial charge is 0.489 e. The number of carbonyl (C=O) groups is 1. The molecular formula is C20H25FN2O2. The molecule has 0 fully saturated rings. The predicted molar refractivity (Wildman–Crippen MR) is 97.0 cm³/mol. The van der Waals surface area contributed by atoms with Gasteiger partial charge in [-0.1, -0.05) is 42.0 Å². The number of rotatable bonds is 8. The van der Waals surface area contributed by atoms with E-state index in [1.165, 1.54) is 11.6 Å². The van der Waals surface area contributed by atoms with Crippen molar-refractivity contribution in [2.24, 2.45) is 0 Å². The first-order chi connectivity index (χ1) is 12.0. The Bertz CT molecular complexity index is 688. The summed E-state index contributed by atoms with van der Waals surface area (Å²) in [5, 5.41) is 2.93. The molecule has 0 aliphatic heterocycles. The number of nitrogens with zero attached hydrogens (tertiary/aromatic N) is 1. The Labute approximate surface area is 148 Å². The van der Waals surface area contributed by atoms with E-state index in [-0.39, 0.29) is 23.5 Å². The van der Waals surface area contributed by atoms with Gasteiger partial charge in [0.15, 0.2) is 11.6 Å². The van der Waals surface area contributed by atoms with Crippen LogP contribution in [0.2, 0.25) is 0 Å². The molecule has 0 aliphatic carbocycles. The van der Waals surface area contributed by atoms with Gasteiger partial charge in [-0.25, -0.2) is 4.39 Å². The second-order valence-electron chi connectivity index (χ2n) is 6.14. The molecule has 0 aliphatic rings. The molecule has 0 bridgehead atoms. The Morgan fingerprint density at radius 2 is 1.88 bits per heavy atom. The van der Waals surface area contributed by atoms with Gasteiger partial charge in [0.05, 0.1) is 6.04 Å². The lowest BCUT2D eigenvalue weighted by molar-refractivity contribution is -0.125. The molecule has 0 radical (unpaired) electrons. The lowest BCUT2D eigenvalue weighted by Crippen LogP contribution is -2.44. The first kappa shape index (κ1) is 18.9. The summed E-state index contributed by atoms with van der Waals surface area (Å²) in [4.78, 5) is 14.1. The summed E-state index contributed by atoms with van der Waals surface area (Å²) in [6.07, 6.45) is 0. The maximum Gasteiger partial charge on any atom is 0.237 e. The number of hydrogen-bond donors (Lipinski definition) is 1. The molecule has 1 unspecified atom stereocenters. The van der Waals surface area contributed by atoms with Crippen LogP contribution < -0.4 is 10.1 Å². The third-order valence-electron chi connectivity index (χ3n) is 4.17. The molecule has 2 aromatic rings. The fraction of sp³-hybridized carbons (Fsp3) is 0.350. The van der Waals surface area contributed by atoms with Crippen LogP contribution in [-0.4, -0.2) is 37.0 Å². The molecular weight excluding hydrogens is 319 g/mol. The average molecular weight is 344 g/mol. The van der Waals surface area contributed by atoms with Crippen molar-refractivity contribution in [1.29, 1.82) is 0 Å². The van der Waals surface area contributed by atoms with Gasteiger partial charge in [-0.3, -0.25) is 9.69 Å². The van der Waals surface area contributed by atoms with Gasteiger partial charge in [-0.2, -0.15) is 0 Å². The van der Waals surface area contributed by atoms with Crippen molar-refractivity contribution in [2.45, 2.75) is 26.4 Å². The van der Waals surface area contributed by atoms with Crippen LogP contribution in [0.1, 0.15) is 18.1 Å². The minimum atomic E-state index is -0.381. The lowest BCUT2D eigenvalue weighted by atomic mass is 10.1. The number of carbonyl (C=O) groups excluding carboxylic acids is 1. The van der Waals surface area contributed by atoms with Gasteiger partial charge in [0, 0.05) is 13.1 Å². The zero-order valence-corrected chi connectivity index (χ0v) is 15.0.